The van der Waals surface area contributed by atoms with Crippen molar-refractivity contribution in [2.24, 2.45) is 0 Å². The third kappa shape index (κ3) is 2.70. The largest absolute Gasteiger partial charge is 0.427 e. The number of ether oxygens (including phenoxy) is 1. The first-order valence-electron chi connectivity index (χ1n) is 4.84. The molecule has 0 bridgehead atoms. The summed E-state index contributed by atoms with van der Waals surface area (Å²) in [7, 11) is 0. The summed E-state index contributed by atoms with van der Waals surface area (Å²) in [4.78, 5) is 27.3. The first-order valence-corrected chi connectivity index (χ1v) is 5.92. The van der Waals surface area contributed by atoms with Gasteiger partial charge in [0.05, 0.1) is 11.3 Å². The van der Waals surface area contributed by atoms with E-state index in [1.165, 1.54) is 6.07 Å². The lowest BCUT2D eigenvalue weighted by molar-refractivity contribution is -0.385. The number of nitrogens with one attached hydrogen (secondary N) is 1. The van der Waals surface area contributed by atoms with Gasteiger partial charge in [-0.25, -0.2) is 9.37 Å². The fraction of sp³-hybridized carbons (Fsp3) is 0. The van der Waals surface area contributed by atoms with Crippen molar-refractivity contribution in [3.63, 3.8) is 0 Å². The fourth-order valence-electron chi connectivity index (χ4n) is 1.28. The molecule has 2 aromatic rings. The summed E-state index contributed by atoms with van der Waals surface area (Å²) in [6.07, 6.45) is 1.06. The van der Waals surface area contributed by atoms with Crippen molar-refractivity contribution in [3.8, 4) is 11.6 Å². The van der Waals surface area contributed by atoms with Crippen LogP contribution in [0.4, 0.5) is 10.1 Å². The molecular weight excluding hydrogens is 372 g/mol. The highest BCUT2D eigenvalue weighted by molar-refractivity contribution is 14.1. The van der Waals surface area contributed by atoms with E-state index in [1.54, 1.807) is 22.6 Å². The molecule has 2 rings (SSSR count). The van der Waals surface area contributed by atoms with Crippen molar-refractivity contribution in [3.05, 3.63) is 54.4 Å². The molecule has 0 amide bonds. The summed E-state index contributed by atoms with van der Waals surface area (Å²) in [5.41, 5.74) is -1.03. The number of para-hydroxylation sites is 1. The van der Waals surface area contributed by atoms with Gasteiger partial charge in [0.25, 0.3) is 5.56 Å². The highest BCUT2D eigenvalue weighted by Crippen LogP contribution is 2.33. The zero-order chi connectivity index (χ0) is 14.0. The van der Waals surface area contributed by atoms with Crippen LogP contribution in [-0.4, -0.2) is 14.9 Å². The second-order valence-corrected chi connectivity index (χ2v) is 4.38. The molecule has 0 aliphatic rings. The molecule has 0 saturated heterocycles. The predicted molar refractivity (Wildman–Crippen MR) is 70.7 cm³/mol. The third-order valence-corrected chi connectivity index (χ3v) is 3.06. The molecule has 0 fully saturated rings. The van der Waals surface area contributed by atoms with Crippen LogP contribution in [0.3, 0.4) is 0 Å². The van der Waals surface area contributed by atoms with Crippen LogP contribution < -0.4 is 10.3 Å². The average Bonchev–Trinajstić information content (AvgIpc) is 2.36. The monoisotopic (exact) mass is 377 g/mol. The number of benzene rings is 1. The Morgan fingerprint density at radius 1 is 1.47 bits per heavy atom. The minimum absolute atomic E-state index is 0.0673. The summed E-state index contributed by atoms with van der Waals surface area (Å²) in [6.45, 7) is 0. The van der Waals surface area contributed by atoms with Crippen LogP contribution in [0.25, 0.3) is 0 Å². The van der Waals surface area contributed by atoms with E-state index >= 15 is 0 Å². The van der Waals surface area contributed by atoms with Gasteiger partial charge in [0, 0.05) is 6.07 Å². The quantitative estimate of drug-likeness (QED) is 0.503. The topological polar surface area (TPSA) is 98.1 Å². The minimum atomic E-state index is -0.910. The van der Waals surface area contributed by atoms with Crippen LogP contribution in [0.1, 0.15) is 0 Å². The number of nitro groups is 1. The van der Waals surface area contributed by atoms with E-state index in [4.69, 9.17) is 4.74 Å². The van der Waals surface area contributed by atoms with Crippen LogP contribution in [-0.2, 0) is 0 Å². The van der Waals surface area contributed by atoms with Crippen LogP contribution in [0.15, 0.2) is 29.3 Å². The molecular formula is C10H5FIN3O4. The van der Waals surface area contributed by atoms with Crippen molar-refractivity contribution in [1.82, 2.24) is 9.97 Å². The van der Waals surface area contributed by atoms with Gasteiger partial charge in [-0.2, -0.15) is 0 Å². The molecule has 0 unspecified atom stereocenters. The molecule has 7 nitrogen and oxygen atoms in total. The van der Waals surface area contributed by atoms with Gasteiger partial charge in [-0.3, -0.25) is 14.9 Å². The molecule has 1 aromatic carbocycles. The first-order chi connectivity index (χ1) is 9.00. The maximum atomic E-state index is 13.6. The summed E-state index contributed by atoms with van der Waals surface area (Å²) in [5, 5.41) is 10.8. The Balaban J connectivity index is 2.52. The van der Waals surface area contributed by atoms with Gasteiger partial charge >= 0.3 is 5.69 Å². The van der Waals surface area contributed by atoms with Crippen molar-refractivity contribution in [2.75, 3.05) is 0 Å². The zero-order valence-corrected chi connectivity index (χ0v) is 11.3. The highest BCUT2D eigenvalue weighted by Gasteiger charge is 2.22. The predicted octanol–water partition coefficient (Wildman–Crippen LogP) is 2.21. The van der Waals surface area contributed by atoms with Gasteiger partial charge in [0.1, 0.15) is 3.57 Å². The SMILES string of the molecule is O=c1[nH]cnc(Oc2c(F)cccc2[N+](=O)[O-])c1I. The average molecular weight is 377 g/mol. The lowest BCUT2D eigenvalue weighted by Crippen LogP contribution is -2.11. The molecule has 19 heavy (non-hydrogen) atoms. The Labute approximate surface area is 118 Å². The normalized spacial score (nSPS) is 10.2. The molecule has 98 valence electrons. The van der Waals surface area contributed by atoms with Crippen LogP contribution in [0.5, 0.6) is 11.6 Å². The van der Waals surface area contributed by atoms with Crippen LogP contribution in [0.2, 0.25) is 0 Å². The third-order valence-electron chi connectivity index (χ3n) is 2.11. The first kappa shape index (κ1) is 13.4. The molecule has 0 aliphatic heterocycles. The van der Waals surface area contributed by atoms with Gasteiger partial charge < -0.3 is 9.72 Å². The molecule has 1 aromatic heterocycles. The van der Waals surface area contributed by atoms with E-state index in [1.807, 2.05) is 0 Å². The van der Waals surface area contributed by atoms with E-state index in [-0.39, 0.29) is 9.45 Å². The maximum Gasteiger partial charge on any atom is 0.314 e. The van der Waals surface area contributed by atoms with Crippen molar-refractivity contribution < 1.29 is 14.1 Å². The standard InChI is InChI=1S/C10H5FIN3O4/c11-5-2-1-3-6(15(17)18)8(5)19-10-7(12)9(16)13-4-14-10/h1-4H,(H,13,14,16). The summed E-state index contributed by atoms with van der Waals surface area (Å²) < 4.78 is 18.7. The Kier molecular flexibility index (Phi) is 3.74. The Bertz CT molecular complexity index is 703. The van der Waals surface area contributed by atoms with Crippen molar-refractivity contribution in [1.29, 1.82) is 0 Å². The molecule has 1 heterocycles. The fourth-order valence-corrected chi connectivity index (χ4v) is 1.68. The number of halogens is 2. The Hall–Kier alpha value is -2.04. The highest BCUT2D eigenvalue weighted by atomic mass is 127. The van der Waals surface area contributed by atoms with Crippen molar-refractivity contribution >= 4 is 28.3 Å². The molecule has 1 N–H and O–H groups in total. The number of hydrogen-bond donors (Lipinski definition) is 1. The van der Waals surface area contributed by atoms with Gasteiger partial charge in [0.15, 0.2) is 5.82 Å². The second kappa shape index (κ2) is 5.30. The van der Waals surface area contributed by atoms with E-state index in [0.717, 1.165) is 18.5 Å². The summed E-state index contributed by atoms with van der Waals surface area (Å²) >= 11 is 1.65. The van der Waals surface area contributed by atoms with Crippen LogP contribution >= 0.6 is 22.6 Å². The van der Waals surface area contributed by atoms with Gasteiger partial charge in [-0.1, -0.05) is 6.07 Å². The zero-order valence-electron chi connectivity index (χ0n) is 9.09. The number of nitrogens with zero attached hydrogens (tertiary/aromatic N) is 2. The minimum Gasteiger partial charge on any atom is -0.427 e. The Morgan fingerprint density at radius 2 is 2.21 bits per heavy atom. The smallest absolute Gasteiger partial charge is 0.314 e. The number of aromatic amines is 1. The summed E-state index contributed by atoms with van der Waals surface area (Å²) in [6, 6.07) is 3.30. The summed E-state index contributed by atoms with van der Waals surface area (Å²) in [5.74, 6) is -1.69. The molecule has 0 saturated carbocycles. The molecule has 0 radical (unpaired) electrons. The second-order valence-electron chi connectivity index (χ2n) is 3.30. The molecule has 0 atom stereocenters. The van der Waals surface area contributed by atoms with E-state index in [9.17, 15) is 19.3 Å². The lowest BCUT2D eigenvalue weighted by atomic mass is 10.3. The molecule has 9 heteroatoms. The number of aromatic nitrogens is 2. The Morgan fingerprint density at radius 3 is 2.89 bits per heavy atom. The van der Waals surface area contributed by atoms with E-state index in [0.29, 0.717) is 0 Å². The lowest BCUT2D eigenvalue weighted by Gasteiger charge is -2.06. The van der Waals surface area contributed by atoms with Gasteiger partial charge in [0.2, 0.25) is 11.6 Å². The van der Waals surface area contributed by atoms with Crippen molar-refractivity contribution in [2.45, 2.75) is 0 Å². The van der Waals surface area contributed by atoms with Crippen LogP contribution in [0, 0.1) is 19.5 Å². The number of rotatable bonds is 3. The maximum absolute atomic E-state index is 13.6. The molecule has 0 spiro atoms. The molecule has 0 aliphatic carbocycles. The number of H-pyrrole nitrogens is 1. The van der Waals surface area contributed by atoms with Gasteiger partial charge in [-0.15, -0.1) is 0 Å². The van der Waals surface area contributed by atoms with E-state index < -0.39 is 27.7 Å². The van der Waals surface area contributed by atoms with Gasteiger partial charge in [-0.05, 0) is 28.7 Å². The number of hydrogen-bond acceptors (Lipinski definition) is 5. The number of nitro benzene ring substituents is 1. The van der Waals surface area contributed by atoms with E-state index in [2.05, 4.69) is 9.97 Å².